The Balaban J connectivity index is 2.12. The second-order valence-electron chi connectivity index (χ2n) is 5.36. The van der Waals surface area contributed by atoms with Crippen molar-refractivity contribution in [3.05, 3.63) is 23.9 Å². The summed E-state index contributed by atoms with van der Waals surface area (Å²) in [6.07, 6.45) is 1.95. The number of aryl methyl sites for hydroxylation is 1. The van der Waals surface area contributed by atoms with Gasteiger partial charge >= 0.3 is 0 Å². The van der Waals surface area contributed by atoms with Crippen molar-refractivity contribution in [3.8, 4) is 0 Å². The van der Waals surface area contributed by atoms with Crippen molar-refractivity contribution in [2.24, 2.45) is 12.8 Å². The maximum absolute atomic E-state index is 11.5. The van der Waals surface area contributed by atoms with Crippen LogP contribution in [0.25, 0.3) is 10.9 Å². The van der Waals surface area contributed by atoms with E-state index in [0.29, 0.717) is 17.1 Å². The average Bonchev–Trinajstić information content (AvgIpc) is 2.78. The first-order chi connectivity index (χ1) is 9.56. The molecule has 1 aromatic heterocycles. The Morgan fingerprint density at radius 1 is 1.50 bits per heavy atom. The van der Waals surface area contributed by atoms with E-state index in [-0.39, 0.29) is 0 Å². The first-order valence-electron chi connectivity index (χ1n) is 6.81. The van der Waals surface area contributed by atoms with Gasteiger partial charge in [0, 0.05) is 50.0 Å². The Labute approximate surface area is 117 Å². The predicted octanol–water partition coefficient (Wildman–Crippen LogP) is 0.470. The number of benzene rings is 1. The van der Waals surface area contributed by atoms with E-state index in [0.717, 1.165) is 30.7 Å². The van der Waals surface area contributed by atoms with Crippen molar-refractivity contribution < 1.29 is 4.79 Å². The third kappa shape index (κ3) is 2.12. The molecule has 1 saturated heterocycles. The number of anilines is 1. The van der Waals surface area contributed by atoms with Crippen LogP contribution in [0.2, 0.25) is 0 Å². The van der Waals surface area contributed by atoms with Gasteiger partial charge in [0.25, 0.3) is 5.91 Å². The molecule has 1 aliphatic rings. The minimum Gasteiger partial charge on any atom is -0.368 e. The number of carbonyl (C=O) groups is 1. The third-order valence-corrected chi connectivity index (χ3v) is 3.74. The van der Waals surface area contributed by atoms with Gasteiger partial charge in [-0.05, 0) is 19.1 Å². The highest BCUT2D eigenvalue weighted by Gasteiger charge is 2.20. The number of aromatic nitrogens is 2. The van der Waals surface area contributed by atoms with Crippen LogP contribution in [-0.4, -0.2) is 41.4 Å². The lowest BCUT2D eigenvalue weighted by Gasteiger charge is -2.34. The molecule has 0 aliphatic carbocycles. The van der Waals surface area contributed by atoms with Crippen LogP contribution in [0.3, 0.4) is 0 Å². The minimum absolute atomic E-state index is 0.436. The topological polar surface area (TPSA) is 76.2 Å². The van der Waals surface area contributed by atoms with Crippen molar-refractivity contribution in [1.29, 1.82) is 0 Å². The maximum atomic E-state index is 11.5. The maximum Gasteiger partial charge on any atom is 0.250 e. The SMILES string of the molecule is CC1CN(c2ccc(C(N)=O)c3nn(C)cc23)CCN1. The number of nitrogens with one attached hydrogen (secondary N) is 1. The Hall–Kier alpha value is -2.08. The lowest BCUT2D eigenvalue weighted by atomic mass is 10.1. The number of fused-ring (bicyclic) bond motifs is 1. The van der Waals surface area contributed by atoms with Crippen LogP contribution in [-0.2, 0) is 7.05 Å². The number of carbonyl (C=O) groups excluding carboxylic acids is 1. The predicted molar refractivity (Wildman–Crippen MR) is 78.9 cm³/mol. The number of rotatable bonds is 2. The highest BCUT2D eigenvalue weighted by Crippen LogP contribution is 2.29. The number of primary amides is 1. The van der Waals surface area contributed by atoms with Crippen LogP contribution in [0, 0.1) is 0 Å². The van der Waals surface area contributed by atoms with Gasteiger partial charge < -0.3 is 16.0 Å². The summed E-state index contributed by atoms with van der Waals surface area (Å²) < 4.78 is 1.73. The van der Waals surface area contributed by atoms with Crippen molar-refractivity contribution in [2.75, 3.05) is 24.5 Å². The molecule has 6 nitrogen and oxygen atoms in total. The molecule has 0 spiro atoms. The standard InChI is InChI=1S/C14H19N5O/c1-9-7-19(6-5-16-9)12-4-3-10(14(15)20)13-11(12)8-18(2)17-13/h3-4,8-9,16H,5-7H2,1-2H3,(H2,15,20). The molecule has 2 aromatic rings. The lowest BCUT2D eigenvalue weighted by molar-refractivity contribution is 0.100. The molecule has 20 heavy (non-hydrogen) atoms. The van der Waals surface area contributed by atoms with Crippen LogP contribution >= 0.6 is 0 Å². The molecule has 0 radical (unpaired) electrons. The number of hydrogen-bond donors (Lipinski definition) is 2. The fourth-order valence-corrected chi connectivity index (χ4v) is 2.83. The van der Waals surface area contributed by atoms with Crippen LogP contribution < -0.4 is 16.0 Å². The van der Waals surface area contributed by atoms with Crippen molar-refractivity contribution in [2.45, 2.75) is 13.0 Å². The van der Waals surface area contributed by atoms with Gasteiger partial charge in [-0.15, -0.1) is 0 Å². The van der Waals surface area contributed by atoms with E-state index in [1.807, 2.05) is 19.3 Å². The van der Waals surface area contributed by atoms with E-state index in [1.165, 1.54) is 0 Å². The van der Waals surface area contributed by atoms with E-state index in [2.05, 4.69) is 22.2 Å². The quantitative estimate of drug-likeness (QED) is 0.834. The van der Waals surface area contributed by atoms with Gasteiger partial charge in [-0.25, -0.2) is 0 Å². The molecular weight excluding hydrogens is 254 g/mol. The number of amides is 1. The number of piperazine rings is 1. The summed E-state index contributed by atoms with van der Waals surface area (Å²) in [6.45, 7) is 5.02. The van der Waals surface area contributed by atoms with Gasteiger partial charge in [0.1, 0.15) is 5.52 Å². The van der Waals surface area contributed by atoms with Gasteiger partial charge in [0.15, 0.2) is 0 Å². The summed E-state index contributed by atoms with van der Waals surface area (Å²) in [7, 11) is 1.86. The van der Waals surface area contributed by atoms with Crippen LogP contribution in [0.1, 0.15) is 17.3 Å². The Morgan fingerprint density at radius 2 is 2.30 bits per heavy atom. The molecule has 1 atom stereocenters. The van der Waals surface area contributed by atoms with Crippen molar-refractivity contribution in [3.63, 3.8) is 0 Å². The zero-order valence-electron chi connectivity index (χ0n) is 11.8. The molecule has 1 amide bonds. The number of nitrogens with zero attached hydrogens (tertiary/aromatic N) is 3. The number of nitrogens with two attached hydrogens (primary N) is 1. The first kappa shape index (κ1) is 12.9. The molecule has 0 bridgehead atoms. The molecule has 1 fully saturated rings. The van der Waals surface area contributed by atoms with Gasteiger partial charge in [-0.3, -0.25) is 9.48 Å². The molecule has 6 heteroatoms. The van der Waals surface area contributed by atoms with Gasteiger partial charge in [0.2, 0.25) is 0 Å². The van der Waals surface area contributed by atoms with Gasteiger partial charge in [-0.1, -0.05) is 0 Å². The molecule has 106 valence electrons. The molecule has 1 unspecified atom stereocenters. The van der Waals surface area contributed by atoms with Crippen molar-refractivity contribution >= 4 is 22.5 Å². The molecule has 1 aliphatic heterocycles. The monoisotopic (exact) mass is 273 g/mol. The third-order valence-electron chi connectivity index (χ3n) is 3.74. The summed E-state index contributed by atoms with van der Waals surface area (Å²) in [5, 5.41) is 8.79. The number of hydrogen-bond acceptors (Lipinski definition) is 4. The minimum atomic E-state index is -0.436. The fourth-order valence-electron chi connectivity index (χ4n) is 2.83. The second kappa shape index (κ2) is 4.79. The van der Waals surface area contributed by atoms with E-state index in [9.17, 15) is 4.79 Å². The molecule has 3 rings (SSSR count). The Morgan fingerprint density at radius 3 is 3.00 bits per heavy atom. The lowest BCUT2D eigenvalue weighted by Crippen LogP contribution is -2.49. The van der Waals surface area contributed by atoms with Crippen LogP contribution in [0.4, 0.5) is 5.69 Å². The summed E-state index contributed by atoms with van der Waals surface area (Å²) in [4.78, 5) is 13.8. The second-order valence-corrected chi connectivity index (χ2v) is 5.36. The Kier molecular flexibility index (Phi) is 3.10. The van der Waals surface area contributed by atoms with Gasteiger partial charge in [0.05, 0.1) is 5.56 Å². The summed E-state index contributed by atoms with van der Waals surface area (Å²) in [5.74, 6) is -0.436. The molecular formula is C14H19N5O. The highest BCUT2D eigenvalue weighted by atomic mass is 16.1. The normalized spacial score (nSPS) is 19.5. The summed E-state index contributed by atoms with van der Waals surface area (Å²) in [6, 6.07) is 4.20. The van der Waals surface area contributed by atoms with E-state index in [1.54, 1.807) is 10.7 Å². The van der Waals surface area contributed by atoms with Gasteiger partial charge in [-0.2, -0.15) is 5.10 Å². The van der Waals surface area contributed by atoms with E-state index < -0.39 is 5.91 Å². The van der Waals surface area contributed by atoms with E-state index >= 15 is 0 Å². The average molecular weight is 273 g/mol. The van der Waals surface area contributed by atoms with Crippen LogP contribution in [0.5, 0.6) is 0 Å². The Bertz CT molecular complexity index is 663. The molecule has 2 heterocycles. The zero-order chi connectivity index (χ0) is 14.3. The molecule has 3 N–H and O–H groups in total. The largest absolute Gasteiger partial charge is 0.368 e. The van der Waals surface area contributed by atoms with Crippen molar-refractivity contribution in [1.82, 2.24) is 15.1 Å². The smallest absolute Gasteiger partial charge is 0.250 e. The van der Waals surface area contributed by atoms with E-state index in [4.69, 9.17) is 5.73 Å². The summed E-state index contributed by atoms with van der Waals surface area (Å²) in [5.41, 5.74) is 7.71. The first-order valence-corrected chi connectivity index (χ1v) is 6.81. The zero-order valence-corrected chi connectivity index (χ0v) is 11.8. The van der Waals surface area contributed by atoms with Crippen LogP contribution in [0.15, 0.2) is 18.3 Å². The summed E-state index contributed by atoms with van der Waals surface area (Å²) >= 11 is 0. The fraction of sp³-hybridized carbons (Fsp3) is 0.429. The molecule has 1 aromatic carbocycles. The molecule has 0 saturated carbocycles. The highest BCUT2D eigenvalue weighted by molar-refractivity contribution is 6.08.